The molecule has 4 nitrogen and oxygen atoms in total. The molecule has 0 saturated carbocycles. The molecule has 0 aromatic carbocycles. The molecular formula is C16H17N3OS. The van der Waals surface area contributed by atoms with Crippen LogP contribution in [0.1, 0.15) is 25.0 Å². The largest absolute Gasteiger partial charge is 0.302 e. The Morgan fingerprint density at radius 3 is 3.00 bits per heavy atom. The van der Waals surface area contributed by atoms with E-state index < -0.39 is 0 Å². The van der Waals surface area contributed by atoms with Gasteiger partial charge in [-0.05, 0) is 38.3 Å². The Morgan fingerprint density at radius 2 is 2.29 bits per heavy atom. The molecule has 1 atom stereocenters. The predicted molar refractivity (Wildman–Crippen MR) is 85.2 cm³/mol. The van der Waals surface area contributed by atoms with Gasteiger partial charge >= 0.3 is 0 Å². The molecule has 0 bridgehead atoms. The van der Waals surface area contributed by atoms with Gasteiger partial charge in [-0.15, -0.1) is 0 Å². The maximum atomic E-state index is 12.2. The summed E-state index contributed by atoms with van der Waals surface area (Å²) in [6, 6.07) is 5.80. The Hall–Kier alpha value is -2.01. The molecule has 1 aliphatic carbocycles. The summed E-state index contributed by atoms with van der Waals surface area (Å²) in [6.07, 6.45) is 8.70. The van der Waals surface area contributed by atoms with Gasteiger partial charge in [0.25, 0.3) is 0 Å². The molecule has 3 rings (SSSR count). The van der Waals surface area contributed by atoms with Crippen molar-refractivity contribution < 1.29 is 4.79 Å². The number of amides is 1. The number of hydrogen-bond acceptors (Lipinski definition) is 4. The van der Waals surface area contributed by atoms with Crippen molar-refractivity contribution in [2.24, 2.45) is 5.92 Å². The first-order valence-corrected chi connectivity index (χ1v) is 7.90. The molecule has 1 aliphatic rings. The van der Waals surface area contributed by atoms with E-state index in [4.69, 9.17) is 0 Å². The summed E-state index contributed by atoms with van der Waals surface area (Å²) in [7, 11) is 0. The summed E-state index contributed by atoms with van der Waals surface area (Å²) >= 11 is 1.48. The zero-order valence-electron chi connectivity index (χ0n) is 11.9. The summed E-state index contributed by atoms with van der Waals surface area (Å²) in [5, 5.41) is 3.61. The van der Waals surface area contributed by atoms with E-state index in [9.17, 15) is 4.79 Å². The van der Waals surface area contributed by atoms with Gasteiger partial charge in [-0.1, -0.05) is 29.6 Å². The number of nitrogens with zero attached hydrogens (tertiary/aromatic N) is 2. The normalized spacial score (nSPS) is 17.7. The Labute approximate surface area is 128 Å². The van der Waals surface area contributed by atoms with Crippen LogP contribution in [0.25, 0.3) is 10.6 Å². The van der Waals surface area contributed by atoms with Crippen LogP contribution in [0.2, 0.25) is 0 Å². The zero-order valence-corrected chi connectivity index (χ0v) is 12.7. The number of carbonyl (C=O) groups is 1. The number of pyridine rings is 1. The third-order valence-corrected chi connectivity index (χ3v) is 4.66. The molecule has 0 aliphatic heterocycles. The van der Waals surface area contributed by atoms with E-state index >= 15 is 0 Å². The van der Waals surface area contributed by atoms with Gasteiger partial charge in [0.1, 0.15) is 0 Å². The van der Waals surface area contributed by atoms with Crippen molar-refractivity contribution in [1.82, 2.24) is 9.97 Å². The lowest BCUT2D eigenvalue weighted by molar-refractivity contribution is -0.120. The molecule has 1 N–H and O–H groups in total. The Kier molecular flexibility index (Phi) is 4.10. The number of thiazole rings is 1. The molecule has 0 spiro atoms. The molecule has 21 heavy (non-hydrogen) atoms. The minimum atomic E-state index is 0.0671. The first kappa shape index (κ1) is 13.9. The van der Waals surface area contributed by atoms with E-state index in [0.29, 0.717) is 5.13 Å². The van der Waals surface area contributed by atoms with E-state index in [-0.39, 0.29) is 11.8 Å². The number of anilines is 1. The van der Waals surface area contributed by atoms with Crippen molar-refractivity contribution in [2.45, 2.75) is 26.2 Å². The van der Waals surface area contributed by atoms with Gasteiger partial charge in [-0.2, -0.15) is 0 Å². The van der Waals surface area contributed by atoms with Crippen LogP contribution in [0.15, 0.2) is 36.5 Å². The van der Waals surface area contributed by atoms with Crippen molar-refractivity contribution in [2.75, 3.05) is 5.32 Å². The average molecular weight is 299 g/mol. The fraction of sp³-hybridized carbons (Fsp3) is 0.312. The van der Waals surface area contributed by atoms with Crippen LogP contribution in [0.4, 0.5) is 5.13 Å². The molecule has 0 radical (unpaired) electrons. The van der Waals surface area contributed by atoms with Gasteiger partial charge in [0.05, 0.1) is 16.3 Å². The van der Waals surface area contributed by atoms with Crippen LogP contribution in [0, 0.1) is 12.8 Å². The number of aryl methyl sites for hydroxylation is 1. The Bertz CT molecular complexity index is 663. The molecule has 5 heteroatoms. The first-order valence-electron chi connectivity index (χ1n) is 7.09. The van der Waals surface area contributed by atoms with E-state index in [2.05, 4.69) is 27.4 Å². The maximum absolute atomic E-state index is 12.2. The molecule has 108 valence electrons. The lowest BCUT2D eigenvalue weighted by atomic mass is 9.94. The molecule has 0 unspecified atom stereocenters. The van der Waals surface area contributed by atoms with Gasteiger partial charge < -0.3 is 5.32 Å². The second-order valence-corrected chi connectivity index (χ2v) is 6.12. The van der Waals surface area contributed by atoms with Crippen molar-refractivity contribution in [3.63, 3.8) is 0 Å². The van der Waals surface area contributed by atoms with E-state index in [1.807, 2.05) is 25.1 Å². The van der Waals surface area contributed by atoms with Crippen LogP contribution in [-0.2, 0) is 4.79 Å². The molecular weight excluding hydrogens is 282 g/mol. The number of rotatable bonds is 3. The second kappa shape index (κ2) is 6.18. The molecule has 0 fully saturated rings. The number of hydrogen-bond donors (Lipinski definition) is 1. The summed E-state index contributed by atoms with van der Waals surface area (Å²) in [6.45, 7) is 1.94. The second-order valence-electron chi connectivity index (χ2n) is 5.12. The van der Waals surface area contributed by atoms with Gasteiger partial charge in [0.2, 0.25) is 5.91 Å². The van der Waals surface area contributed by atoms with Crippen LogP contribution in [0.3, 0.4) is 0 Å². The smallest absolute Gasteiger partial charge is 0.229 e. The molecule has 0 saturated heterocycles. The van der Waals surface area contributed by atoms with Crippen LogP contribution in [-0.4, -0.2) is 15.9 Å². The molecule has 1 amide bonds. The fourth-order valence-electron chi connectivity index (χ4n) is 2.42. The van der Waals surface area contributed by atoms with Crippen LogP contribution in [0.5, 0.6) is 0 Å². The number of allylic oxidation sites excluding steroid dienone is 2. The Balaban J connectivity index is 1.75. The van der Waals surface area contributed by atoms with Crippen LogP contribution < -0.4 is 5.32 Å². The van der Waals surface area contributed by atoms with Gasteiger partial charge in [-0.3, -0.25) is 9.78 Å². The fourth-order valence-corrected chi connectivity index (χ4v) is 3.37. The maximum Gasteiger partial charge on any atom is 0.229 e. The van der Waals surface area contributed by atoms with Gasteiger partial charge in [0, 0.05) is 12.1 Å². The van der Waals surface area contributed by atoms with E-state index in [0.717, 1.165) is 35.5 Å². The van der Waals surface area contributed by atoms with E-state index in [1.54, 1.807) is 6.20 Å². The first-order chi connectivity index (χ1) is 10.2. The minimum absolute atomic E-state index is 0.0671. The number of aromatic nitrogens is 2. The van der Waals surface area contributed by atoms with Crippen molar-refractivity contribution in [3.05, 3.63) is 42.2 Å². The quantitative estimate of drug-likeness (QED) is 0.877. The summed E-state index contributed by atoms with van der Waals surface area (Å²) in [5.41, 5.74) is 1.80. The highest BCUT2D eigenvalue weighted by Gasteiger charge is 2.20. The standard InChI is InChI=1S/C16H17N3OS/c1-11-14(13-9-5-6-10-17-13)21-16(18-11)19-15(20)12-7-3-2-4-8-12/h2-3,5-6,9-10,12H,4,7-8H2,1H3,(H,18,19,20)/t12-/m1/s1. The topological polar surface area (TPSA) is 54.9 Å². The highest BCUT2D eigenvalue weighted by Crippen LogP contribution is 2.32. The monoisotopic (exact) mass is 299 g/mol. The molecule has 2 heterocycles. The van der Waals surface area contributed by atoms with Crippen LogP contribution >= 0.6 is 11.3 Å². The lowest BCUT2D eigenvalue weighted by Crippen LogP contribution is -2.23. The van der Waals surface area contributed by atoms with Crippen molar-refractivity contribution >= 4 is 22.4 Å². The van der Waals surface area contributed by atoms with Crippen molar-refractivity contribution in [1.29, 1.82) is 0 Å². The SMILES string of the molecule is Cc1nc(NC(=O)[C@@H]2CC=CCC2)sc1-c1ccccn1. The molecule has 2 aromatic rings. The highest BCUT2D eigenvalue weighted by molar-refractivity contribution is 7.19. The van der Waals surface area contributed by atoms with Crippen molar-refractivity contribution in [3.8, 4) is 10.6 Å². The third-order valence-electron chi connectivity index (χ3n) is 3.56. The highest BCUT2D eigenvalue weighted by atomic mass is 32.1. The third kappa shape index (κ3) is 3.19. The summed E-state index contributed by atoms with van der Waals surface area (Å²) < 4.78 is 0. The Morgan fingerprint density at radius 1 is 1.38 bits per heavy atom. The number of carbonyl (C=O) groups excluding carboxylic acids is 1. The zero-order chi connectivity index (χ0) is 14.7. The van der Waals surface area contributed by atoms with Gasteiger partial charge in [-0.25, -0.2) is 4.98 Å². The lowest BCUT2D eigenvalue weighted by Gasteiger charge is -2.15. The minimum Gasteiger partial charge on any atom is -0.302 e. The average Bonchev–Trinajstić information content (AvgIpc) is 2.89. The van der Waals surface area contributed by atoms with E-state index in [1.165, 1.54) is 11.3 Å². The summed E-state index contributed by atoms with van der Waals surface area (Å²) in [4.78, 5) is 22.0. The van der Waals surface area contributed by atoms with Gasteiger partial charge in [0.15, 0.2) is 5.13 Å². The predicted octanol–water partition coefficient (Wildman–Crippen LogP) is 3.81. The summed E-state index contributed by atoms with van der Waals surface area (Å²) in [5.74, 6) is 0.137. The number of nitrogens with one attached hydrogen (secondary N) is 1. The molecule has 2 aromatic heterocycles.